The normalized spacial score (nSPS) is 31.2. The molecule has 3 heterocycles. The Balaban J connectivity index is 1.25. The zero-order chi connectivity index (χ0) is 23.9. The molecule has 3 aliphatic heterocycles. The van der Waals surface area contributed by atoms with Crippen molar-refractivity contribution in [2.75, 3.05) is 19.8 Å². The smallest absolute Gasteiger partial charge is 0.272 e. The molecule has 6 rings (SSSR count). The number of ether oxygens (including phenoxy) is 7. The highest BCUT2D eigenvalue weighted by molar-refractivity contribution is 5.15. The van der Waals surface area contributed by atoms with Crippen LogP contribution >= 0.6 is 0 Å². The van der Waals surface area contributed by atoms with Crippen LogP contribution in [0.15, 0.2) is 60.7 Å². The topological polar surface area (TPSA) is 64.6 Å². The van der Waals surface area contributed by atoms with Gasteiger partial charge in [-0.3, -0.25) is 0 Å². The minimum absolute atomic E-state index is 0.269. The van der Waals surface area contributed by atoms with Crippen molar-refractivity contribution in [1.29, 1.82) is 0 Å². The van der Waals surface area contributed by atoms with Crippen molar-refractivity contribution in [1.82, 2.24) is 0 Å². The second kappa shape index (κ2) is 12.4. The first-order chi connectivity index (χ1) is 17.3. The molecule has 7 nitrogen and oxygen atoms in total. The molecule has 1 saturated carbocycles. The van der Waals surface area contributed by atoms with Crippen LogP contribution in [-0.2, 0) is 46.4 Å². The summed E-state index contributed by atoms with van der Waals surface area (Å²) >= 11 is 0. The highest BCUT2D eigenvalue weighted by Crippen LogP contribution is 2.44. The molecule has 0 radical (unpaired) electrons. The second-order valence-corrected chi connectivity index (χ2v) is 9.27. The van der Waals surface area contributed by atoms with Gasteiger partial charge < -0.3 is 33.2 Å². The average Bonchev–Trinajstić information content (AvgIpc) is 2.90. The quantitative estimate of drug-likeness (QED) is 0.372. The fourth-order valence-electron chi connectivity index (χ4n) is 4.94. The summed E-state index contributed by atoms with van der Waals surface area (Å²) in [5.74, 6) is 0. The van der Waals surface area contributed by atoms with Gasteiger partial charge >= 0.3 is 0 Å². The van der Waals surface area contributed by atoms with Crippen LogP contribution in [-0.4, -0.2) is 62.9 Å². The van der Waals surface area contributed by atoms with E-state index in [2.05, 4.69) is 31.2 Å². The van der Waals surface area contributed by atoms with E-state index in [0.29, 0.717) is 19.8 Å². The predicted molar refractivity (Wildman–Crippen MR) is 129 cm³/mol. The van der Waals surface area contributed by atoms with Crippen LogP contribution in [0.5, 0.6) is 0 Å². The maximum Gasteiger partial charge on any atom is 0.272 e. The summed E-state index contributed by atoms with van der Waals surface area (Å²) in [5, 5.41) is 0. The molecule has 0 aromatic heterocycles. The molecule has 35 heavy (non-hydrogen) atoms. The van der Waals surface area contributed by atoms with Crippen LogP contribution < -0.4 is 0 Å². The first-order valence-electron chi connectivity index (χ1n) is 12.8. The minimum atomic E-state index is -0.703. The Morgan fingerprint density at radius 3 is 1.60 bits per heavy atom. The van der Waals surface area contributed by atoms with E-state index in [4.69, 9.17) is 33.2 Å². The number of hydrogen-bond acceptors (Lipinski definition) is 7. The maximum absolute atomic E-state index is 6.40. The van der Waals surface area contributed by atoms with Crippen LogP contribution in [0.2, 0.25) is 0 Å². The van der Waals surface area contributed by atoms with E-state index in [-0.39, 0.29) is 36.6 Å². The van der Waals surface area contributed by atoms with Crippen molar-refractivity contribution >= 4 is 0 Å². The minimum Gasteiger partial charge on any atom is -0.381 e. The van der Waals surface area contributed by atoms with Crippen LogP contribution in [0.1, 0.15) is 37.3 Å². The van der Waals surface area contributed by atoms with E-state index >= 15 is 0 Å². The molecule has 2 aromatic carbocycles. The van der Waals surface area contributed by atoms with Crippen LogP contribution in [0.25, 0.3) is 0 Å². The predicted octanol–water partition coefficient (Wildman–Crippen LogP) is 4.23. The van der Waals surface area contributed by atoms with Crippen LogP contribution in [0.3, 0.4) is 0 Å². The molecule has 4 unspecified atom stereocenters. The summed E-state index contributed by atoms with van der Waals surface area (Å²) in [6, 6.07) is 20.3. The third-order valence-electron chi connectivity index (χ3n) is 6.66. The molecule has 190 valence electrons. The molecule has 4 fully saturated rings. The van der Waals surface area contributed by atoms with E-state index in [1.807, 2.05) is 36.4 Å². The van der Waals surface area contributed by atoms with Gasteiger partial charge in [0.25, 0.3) is 6.48 Å². The van der Waals surface area contributed by atoms with Gasteiger partial charge in [-0.2, -0.15) is 0 Å². The Hall–Kier alpha value is -1.84. The lowest BCUT2D eigenvalue weighted by Crippen LogP contribution is -2.76. The molecule has 2 aromatic rings. The maximum atomic E-state index is 6.40. The van der Waals surface area contributed by atoms with Crippen molar-refractivity contribution in [3.05, 3.63) is 71.8 Å². The van der Waals surface area contributed by atoms with Crippen molar-refractivity contribution in [3.8, 4) is 0 Å². The van der Waals surface area contributed by atoms with E-state index in [1.54, 1.807) is 0 Å². The van der Waals surface area contributed by atoms with Gasteiger partial charge in [0, 0.05) is 19.8 Å². The van der Waals surface area contributed by atoms with Gasteiger partial charge in [-0.1, -0.05) is 67.6 Å². The van der Waals surface area contributed by atoms with E-state index < -0.39 is 6.48 Å². The van der Waals surface area contributed by atoms with Gasteiger partial charge in [0.2, 0.25) is 0 Å². The van der Waals surface area contributed by atoms with Gasteiger partial charge in [0.05, 0.1) is 13.2 Å². The molecular formula is C28H36O7. The molecule has 7 heteroatoms. The SMILES string of the molecule is CCCOCCCCO[C@@H]1C2OC3O[C@@H](C2OCc2ccccc2)C(OCc2ccccc2)[C@H]1O3. The van der Waals surface area contributed by atoms with Gasteiger partial charge in [0.1, 0.15) is 36.6 Å². The highest BCUT2D eigenvalue weighted by Gasteiger charge is 2.63. The van der Waals surface area contributed by atoms with Crippen LogP contribution in [0.4, 0.5) is 0 Å². The fourth-order valence-corrected chi connectivity index (χ4v) is 4.94. The molecule has 7 atom stereocenters. The molecule has 4 bridgehead atoms. The number of benzene rings is 2. The zero-order valence-electron chi connectivity index (χ0n) is 20.3. The van der Waals surface area contributed by atoms with Crippen molar-refractivity contribution in [3.63, 3.8) is 0 Å². The summed E-state index contributed by atoms with van der Waals surface area (Å²) < 4.78 is 43.0. The molecule has 4 aliphatic rings. The molecule has 0 N–H and O–H groups in total. The lowest BCUT2D eigenvalue weighted by Gasteiger charge is -2.58. The van der Waals surface area contributed by atoms with E-state index in [0.717, 1.165) is 43.6 Å². The summed E-state index contributed by atoms with van der Waals surface area (Å²) in [7, 11) is 0. The Morgan fingerprint density at radius 1 is 0.600 bits per heavy atom. The lowest BCUT2D eigenvalue weighted by atomic mass is 9.82. The molecule has 0 spiro atoms. The third kappa shape index (κ3) is 6.12. The summed E-state index contributed by atoms with van der Waals surface area (Å²) in [6.07, 6.45) is 1.17. The Labute approximate surface area is 207 Å². The number of unbranched alkanes of at least 4 members (excludes halogenated alkanes) is 1. The summed E-state index contributed by atoms with van der Waals surface area (Å²) in [6.45, 7) is 4.51. The highest BCUT2D eigenvalue weighted by atomic mass is 16.9. The first kappa shape index (κ1) is 24.8. The van der Waals surface area contributed by atoms with Crippen LogP contribution in [0, 0.1) is 0 Å². The second-order valence-electron chi connectivity index (χ2n) is 9.27. The Morgan fingerprint density at radius 2 is 1.09 bits per heavy atom. The van der Waals surface area contributed by atoms with Crippen molar-refractivity contribution in [2.45, 2.75) is 82.5 Å². The van der Waals surface area contributed by atoms with Crippen molar-refractivity contribution < 1.29 is 33.2 Å². The van der Waals surface area contributed by atoms with Gasteiger partial charge in [-0.15, -0.1) is 0 Å². The fraction of sp³-hybridized carbons (Fsp3) is 0.571. The Bertz CT molecular complexity index is 818. The van der Waals surface area contributed by atoms with Gasteiger partial charge in [-0.05, 0) is 30.4 Å². The van der Waals surface area contributed by atoms with E-state index in [1.165, 1.54) is 0 Å². The monoisotopic (exact) mass is 484 g/mol. The number of rotatable bonds is 14. The molecular weight excluding hydrogens is 448 g/mol. The van der Waals surface area contributed by atoms with E-state index in [9.17, 15) is 0 Å². The Kier molecular flexibility index (Phi) is 8.81. The standard InChI is InChI=1S/C28H36O7/c1-2-15-29-16-9-10-17-30-22-25-23(31-18-20-11-5-3-6-12-20)27-24(26(22)34-28(33-25)35-27)32-19-21-13-7-4-8-14-21/h3-8,11-14,22-28H,2,9-10,15-19H2,1H3/t22-,23?,24?,25-,26?,27+,28?/m0/s1. The molecule has 0 amide bonds. The van der Waals surface area contributed by atoms with Gasteiger partial charge in [0.15, 0.2) is 0 Å². The van der Waals surface area contributed by atoms with Gasteiger partial charge in [-0.25, -0.2) is 0 Å². The summed E-state index contributed by atoms with van der Waals surface area (Å²) in [5.41, 5.74) is 2.20. The zero-order valence-corrected chi connectivity index (χ0v) is 20.3. The average molecular weight is 485 g/mol. The summed E-state index contributed by atoms with van der Waals surface area (Å²) in [4.78, 5) is 0. The number of hydrogen-bond donors (Lipinski definition) is 0. The molecule has 1 aliphatic carbocycles. The first-order valence-corrected chi connectivity index (χ1v) is 12.8. The largest absolute Gasteiger partial charge is 0.381 e. The van der Waals surface area contributed by atoms with Crippen molar-refractivity contribution in [2.24, 2.45) is 0 Å². The molecule has 3 saturated heterocycles. The third-order valence-corrected chi connectivity index (χ3v) is 6.66. The lowest BCUT2D eigenvalue weighted by molar-refractivity contribution is -0.489.